The second kappa shape index (κ2) is 5.03. The standard InChI is InChI=1S/C12H16FN3O/c13-10-5-4-9(8-11(10)14)15-12(17)16-6-2-1-3-7-16/h4-5,8H,1-3,6-7,14H2,(H,15,17). The fourth-order valence-corrected chi connectivity index (χ4v) is 1.92. The average molecular weight is 237 g/mol. The number of hydrogen-bond acceptors (Lipinski definition) is 2. The van der Waals surface area contributed by atoms with Crippen molar-refractivity contribution in [3.05, 3.63) is 24.0 Å². The summed E-state index contributed by atoms with van der Waals surface area (Å²) in [5.41, 5.74) is 6.01. The second-order valence-electron chi connectivity index (χ2n) is 4.21. The molecular weight excluding hydrogens is 221 g/mol. The van der Waals surface area contributed by atoms with Crippen LogP contribution in [0.3, 0.4) is 0 Å². The third-order valence-corrected chi connectivity index (χ3v) is 2.89. The van der Waals surface area contributed by atoms with Gasteiger partial charge in [-0.25, -0.2) is 9.18 Å². The van der Waals surface area contributed by atoms with Crippen LogP contribution < -0.4 is 11.1 Å². The minimum atomic E-state index is -0.471. The number of anilines is 2. The Hall–Kier alpha value is -1.78. The van der Waals surface area contributed by atoms with Crippen molar-refractivity contribution in [3.8, 4) is 0 Å². The number of halogens is 1. The lowest BCUT2D eigenvalue weighted by molar-refractivity contribution is 0.200. The molecule has 0 saturated carbocycles. The van der Waals surface area contributed by atoms with E-state index in [-0.39, 0.29) is 11.7 Å². The van der Waals surface area contributed by atoms with Gasteiger partial charge in [0, 0.05) is 18.8 Å². The summed E-state index contributed by atoms with van der Waals surface area (Å²) in [5.74, 6) is -0.471. The van der Waals surface area contributed by atoms with Crippen LogP contribution in [0.4, 0.5) is 20.6 Å². The summed E-state index contributed by atoms with van der Waals surface area (Å²) in [6, 6.07) is 4.04. The van der Waals surface area contributed by atoms with E-state index in [1.165, 1.54) is 24.6 Å². The first-order chi connectivity index (χ1) is 8.16. The fourth-order valence-electron chi connectivity index (χ4n) is 1.92. The Kier molecular flexibility index (Phi) is 3.46. The highest BCUT2D eigenvalue weighted by atomic mass is 19.1. The molecule has 17 heavy (non-hydrogen) atoms. The maximum Gasteiger partial charge on any atom is 0.321 e. The average Bonchev–Trinajstić information content (AvgIpc) is 2.35. The molecule has 3 N–H and O–H groups in total. The molecule has 5 heteroatoms. The van der Waals surface area contributed by atoms with Gasteiger partial charge >= 0.3 is 6.03 Å². The van der Waals surface area contributed by atoms with E-state index >= 15 is 0 Å². The van der Waals surface area contributed by atoms with Crippen LogP contribution in [-0.2, 0) is 0 Å². The minimum absolute atomic E-state index is 0.0430. The molecule has 4 nitrogen and oxygen atoms in total. The maximum absolute atomic E-state index is 12.9. The Morgan fingerprint density at radius 1 is 1.29 bits per heavy atom. The van der Waals surface area contributed by atoms with Crippen molar-refractivity contribution < 1.29 is 9.18 Å². The second-order valence-corrected chi connectivity index (χ2v) is 4.21. The zero-order valence-electron chi connectivity index (χ0n) is 9.58. The van der Waals surface area contributed by atoms with Gasteiger partial charge in [-0.15, -0.1) is 0 Å². The number of nitrogen functional groups attached to an aromatic ring is 1. The number of likely N-dealkylation sites (tertiary alicyclic amines) is 1. The first-order valence-electron chi connectivity index (χ1n) is 5.78. The lowest BCUT2D eigenvalue weighted by atomic mass is 10.1. The highest BCUT2D eigenvalue weighted by Gasteiger charge is 2.16. The van der Waals surface area contributed by atoms with Crippen molar-refractivity contribution in [2.24, 2.45) is 0 Å². The molecule has 1 saturated heterocycles. The van der Waals surface area contributed by atoms with Crippen molar-refractivity contribution in [2.45, 2.75) is 19.3 Å². The molecule has 0 spiro atoms. The summed E-state index contributed by atoms with van der Waals surface area (Å²) in [5, 5.41) is 2.72. The van der Waals surface area contributed by atoms with Gasteiger partial charge in [-0.1, -0.05) is 0 Å². The van der Waals surface area contributed by atoms with Crippen molar-refractivity contribution in [1.29, 1.82) is 0 Å². The number of benzene rings is 1. The van der Waals surface area contributed by atoms with Gasteiger partial charge in [0.15, 0.2) is 0 Å². The normalized spacial score (nSPS) is 15.7. The number of carbonyl (C=O) groups is 1. The largest absolute Gasteiger partial charge is 0.396 e. The molecule has 1 aromatic carbocycles. The fraction of sp³-hybridized carbons (Fsp3) is 0.417. The van der Waals surface area contributed by atoms with Crippen LogP contribution in [0.2, 0.25) is 0 Å². The summed E-state index contributed by atoms with van der Waals surface area (Å²) >= 11 is 0. The highest BCUT2D eigenvalue weighted by Crippen LogP contribution is 2.17. The molecule has 0 aliphatic carbocycles. The van der Waals surface area contributed by atoms with E-state index in [0.29, 0.717) is 5.69 Å². The van der Waals surface area contributed by atoms with Crippen LogP contribution in [0.15, 0.2) is 18.2 Å². The van der Waals surface area contributed by atoms with Crippen molar-refractivity contribution in [2.75, 3.05) is 24.1 Å². The van der Waals surface area contributed by atoms with Crippen LogP contribution >= 0.6 is 0 Å². The summed E-state index contributed by atoms with van der Waals surface area (Å²) in [6.07, 6.45) is 3.26. The van der Waals surface area contributed by atoms with Gasteiger partial charge in [-0.2, -0.15) is 0 Å². The molecule has 0 aromatic heterocycles. The number of nitrogens with one attached hydrogen (secondary N) is 1. The third kappa shape index (κ3) is 2.87. The van der Waals surface area contributed by atoms with Gasteiger partial charge in [-0.05, 0) is 37.5 Å². The zero-order valence-corrected chi connectivity index (χ0v) is 9.58. The summed E-state index contributed by atoms with van der Waals surface area (Å²) in [7, 11) is 0. The monoisotopic (exact) mass is 237 g/mol. The molecule has 2 rings (SSSR count). The smallest absolute Gasteiger partial charge is 0.321 e. The van der Waals surface area contributed by atoms with Crippen LogP contribution in [-0.4, -0.2) is 24.0 Å². The van der Waals surface area contributed by atoms with Gasteiger partial charge in [0.1, 0.15) is 5.82 Å². The predicted octanol–water partition coefficient (Wildman–Crippen LogP) is 2.43. The number of amides is 2. The van der Waals surface area contributed by atoms with E-state index in [4.69, 9.17) is 5.73 Å². The predicted molar refractivity (Wildman–Crippen MR) is 65.3 cm³/mol. The van der Waals surface area contributed by atoms with E-state index in [9.17, 15) is 9.18 Å². The molecule has 1 fully saturated rings. The van der Waals surface area contributed by atoms with Crippen LogP contribution in [0.5, 0.6) is 0 Å². The molecule has 1 aliphatic heterocycles. The summed E-state index contributed by atoms with van der Waals surface area (Å²) in [4.78, 5) is 13.6. The van der Waals surface area contributed by atoms with Crippen LogP contribution in [0, 0.1) is 5.82 Å². The Labute approximate surface area is 99.6 Å². The Morgan fingerprint density at radius 3 is 2.65 bits per heavy atom. The lowest BCUT2D eigenvalue weighted by Crippen LogP contribution is -2.38. The molecule has 0 radical (unpaired) electrons. The van der Waals surface area contributed by atoms with Gasteiger partial charge in [0.25, 0.3) is 0 Å². The topological polar surface area (TPSA) is 58.4 Å². The third-order valence-electron chi connectivity index (χ3n) is 2.89. The quantitative estimate of drug-likeness (QED) is 0.737. The minimum Gasteiger partial charge on any atom is -0.396 e. The van der Waals surface area contributed by atoms with E-state index in [1.54, 1.807) is 4.90 Å². The maximum atomic E-state index is 12.9. The lowest BCUT2D eigenvalue weighted by Gasteiger charge is -2.26. The Balaban J connectivity index is 1.99. The van der Waals surface area contributed by atoms with E-state index in [2.05, 4.69) is 5.32 Å². The molecule has 0 unspecified atom stereocenters. The Morgan fingerprint density at radius 2 is 2.00 bits per heavy atom. The molecule has 2 amide bonds. The molecule has 92 valence electrons. The Bertz CT molecular complexity index is 416. The first-order valence-corrected chi connectivity index (χ1v) is 5.78. The van der Waals surface area contributed by atoms with E-state index in [1.807, 2.05) is 0 Å². The molecule has 1 heterocycles. The van der Waals surface area contributed by atoms with Crippen molar-refractivity contribution in [1.82, 2.24) is 4.90 Å². The van der Waals surface area contributed by atoms with E-state index < -0.39 is 5.82 Å². The van der Waals surface area contributed by atoms with Crippen LogP contribution in [0.25, 0.3) is 0 Å². The first kappa shape index (κ1) is 11.7. The van der Waals surface area contributed by atoms with Gasteiger partial charge < -0.3 is 16.0 Å². The van der Waals surface area contributed by atoms with Crippen molar-refractivity contribution >= 4 is 17.4 Å². The number of nitrogens with zero attached hydrogens (tertiary/aromatic N) is 1. The van der Waals surface area contributed by atoms with Gasteiger partial charge in [-0.3, -0.25) is 0 Å². The SMILES string of the molecule is Nc1cc(NC(=O)N2CCCCC2)ccc1F. The number of urea groups is 1. The molecule has 1 aliphatic rings. The number of carbonyl (C=O) groups excluding carboxylic acids is 1. The highest BCUT2D eigenvalue weighted by molar-refractivity contribution is 5.89. The molecular formula is C12H16FN3O. The van der Waals surface area contributed by atoms with E-state index in [0.717, 1.165) is 25.9 Å². The van der Waals surface area contributed by atoms with Crippen molar-refractivity contribution in [3.63, 3.8) is 0 Å². The van der Waals surface area contributed by atoms with Gasteiger partial charge in [0.2, 0.25) is 0 Å². The number of rotatable bonds is 1. The zero-order chi connectivity index (χ0) is 12.3. The summed E-state index contributed by atoms with van der Waals surface area (Å²) in [6.45, 7) is 1.56. The molecule has 0 bridgehead atoms. The number of nitrogens with two attached hydrogens (primary N) is 1. The van der Waals surface area contributed by atoms with Gasteiger partial charge in [0.05, 0.1) is 5.69 Å². The molecule has 1 aromatic rings. The summed E-state index contributed by atoms with van der Waals surface area (Å²) < 4.78 is 12.9. The van der Waals surface area contributed by atoms with Crippen LogP contribution in [0.1, 0.15) is 19.3 Å². The number of piperidine rings is 1. The molecule has 0 atom stereocenters. The number of hydrogen-bond donors (Lipinski definition) is 2.